The zero-order chi connectivity index (χ0) is 16.6. The summed E-state index contributed by atoms with van der Waals surface area (Å²) in [5.41, 5.74) is 1.14. The summed E-state index contributed by atoms with van der Waals surface area (Å²) in [6.07, 6.45) is 2.10. The maximum absolute atomic E-state index is 10.9. The molecule has 0 saturated carbocycles. The Morgan fingerprint density at radius 2 is 1.79 bits per heavy atom. The van der Waals surface area contributed by atoms with Gasteiger partial charge >= 0.3 is 0 Å². The van der Waals surface area contributed by atoms with Gasteiger partial charge in [-0.15, -0.1) is 15.3 Å². The number of hydrogen-bond donors (Lipinski definition) is 1. The molecule has 1 fully saturated rings. The van der Waals surface area contributed by atoms with Gasteiger partial charge in [0.25, 0.3) is 0 Å². The maximum Gasteiger partial charge on any atom is 0.246 e. The molecule has 0 bridgehead atoms. The lowest BCUT2D eigenvalue weighted by Gasteiger charge is -2.38. The first-order valence-electron chi connectivity index (χ1n) is 8.02. The third kappa shape index (κ3) is 2.95. The lowest BCUT2D eigenvalue weighted by atomic mass is 9.85. The van der Waals surface area contributed by atoms with Crippen molar-refractivity contribution >= 4 is 23.1 Å². The minimum atomic E-state index is -0.657. The third-order valence-corrected chi connectivity index (χ3v) is 4.84. The Morgan fingerprint density at radius 3 is 2.54 bits per heavy atom. The standard InChI is InChI=1S/C17H18ClN5O/c18-16-20-19-14-6-7-15(21-23(14)16)22-10-8-17(24,9-11-22)12-13-4-2-1-3-5-13/h1-7,24H,8-12H2. The van der Waals surface area contributed by atoms with Gasteiger partial charge < -0.3 is 10.0 Å². The Balaban J connectivity index is 1.47. The molecule has 1 aliphatic heterocycles. The van der Waals surface area contributed by atoms with Gasteiger partial charge in [-0.2, -0.15) is 4.52 Å². The van der Waals surface area contributed by atoms with Gasteiger partial charge in [-0.05, 0) is 42.1 Å². The summed E-state index contributed by atoms with van der Waals surface area (Å²) in [4.78, 5) is 2.16. The van der Waals surface area contributed by atoms with Crippen molar-refractivity contribution in [1.82, 2.24) is 19.8 Å². The van der Waals surface area contributed by atoms with Crippen molar-refractivity contribution in [1.29, 1.82) is 0 Å². The van der Waals surface area contributed by atoms with Gasteiger partial charge in [0.15, 0.2) is 5.65 Å². The maximum atomic E-state index is 10.9. The quantitative estimate of drug-likeness (QED) is 0.790. The largest absolute Gasteiger partial charge is 0.389 e. The summed E-state index contributed by atoms with van der Waals surface area (Å²) >= 11 is 5.99. The highest BCUT2D eigenvalue weighted by atomic mass is 35.5. The first kappa shape index (κ1) is 15.4. The van der Waals surface area contributed by atoms with E-state index in [0.717, 1.165) is 18.9 Å². The Kier molecular flexibility index (Phi) is 3.86. The second-order valence-electron chi connectivity index (χ2n) is 6.30. The summed E-state index contributed by atoms with van der Waals surface area (Å²) in [6, 6.07) is 13.9. The third-order valence-electron chi connectivity index (χ3n) is 4.60. The van der Waals surface area contributed by atoms with Crippen LogP contribution in [0.4, 0.5) is 5.82 Å². The number of piperidine rings is 1. The van der Waals surface area contributed by atoms with Crippen LogP contribution in [0.2, 0.25) is 5.28 Å². The molecule has 1 saturated heterocycles. The van der Waals surface area contributed by atoms with Crippen LogP contribution < -0.4 is 4.90 Å². The molecule has 0 spiro atoms. The van der Waals surface area contributed by atoms with Crippen LogP contribution in [-0.4, -0.2) is 43.6 Å². The molecule has 6 nitrogen and oxygen atoms in total. The van der Waals surface area contributed by atoms with E-state index in [1.165, 1.54) is 10.1 Å². The van der Waals surface area contributed by atoms with Crippen LogP contribution in [0.5, 0.6) is 0 Å². The molecular formula is C17H18ClN5O. The molecule has 4 rings (SSSR count). The molecule has 0 amide bonds. The fourth-order valence-corrected chi connectivity index (χ4v) is 3.39. The summed E-state index contributed by atoms with van der Waals surface area (Å²) < 4.78 is 1.53. The number of benzene rings is 1. The summed E-state index contributed by atoms with van der Waals surface area (Å²) in [6.45, 7) is 1.50. The smallest absolute Gasteiger partial charge is 0.246 e. The van der Waals surface area contributed by atoms with Crippen LogP contribution in [0.25, 0.3) is 5.65 Å². The van der Waals surface area contributed by atoms with Crippen LogP contribution in [0.1, 0.15) is 18.4 Å². The average Bonchev–Trinajstić information content (AvgIpc) is 2.97. The number of aliphatic hydroxyl groups is 1. The van der Waals surface area contributed by atoms with E-state index < -0.39 is 5.60 Å². The second kappa shape index (κ2) is 6.03. The molecule has 0 radical (unpaired) electrons. The molecule has 7 heteroatoms. The zero-order valence-corrected chi connectivity index (χ0v) is 13.9. The van der Waals surface area contributed by atoms with E-state index in [9.17, 15) is 5.11 Å². The van der Waals surface area contributed by atoms with E-state index >= 15 is 0 Å². The van der Waals surface area contributed by atoms with Crippen molar-refractivity contribution in [2.75, 3.05) is 18.0 Å². The van der Waals surface area contributed by atoms with Gasteiger partial charge in [0.05, 0.1) is 5.60 Å². The number of hydrogen-bond acceptors (Lipinski definition) is 5. The second-order valence-corrected chi connectivity index (χ2v) is 6.64. The van der Waals surface area contributed by atoms with E-state index in [1.807, 2.05) is 30.3 Å². The van der Waals surface area contributed by atoms with Crippen LogP contribution in [0.3, 0.4) is 0 Å². The minimum Gasteiger partial charge on any atom is -0.389 e. The Labute approximate surface area is 144 Å². The topological polar surface area (TPSA) is 66.5 Å². The van der Waals surface area contributed by atoms with Gasteiger partial charge in [0, 0.05) is 19.5 Å². The molecule has 0 atom stereocenters. The van der Waals surface area contributed by atoms with Crippen molar-refractivity contribution in [2.45, 2.75) is 24.9 Å². The molecule has 24 heavy (non-hydrogen) atoms. The number of fused-ring (bicyclic) bond motifs is 1. The van der Waals surface area contributed by atoms with Crippen molar-refractivity contribution in [2.24, 2.45) is 0 Å². The van der Waals surface area contributed by atoms with Crippen LogP contribution in [-0.2, 0) is 6.42 Å². The van der Waals surface area contributed by atoms with Crippen LogP contribution in [0.15, 0.2) is 42.5 Å². The lowest BCUT2D eigenvalue weighted by Crippen LogP contribution is -2.46. The Morgan fingerprint density at radius 1 is 1.04 bits per heavy atom. The van der Waals surface area contributed by atoms with Crippen molar-refractivity contribution < 1.29 is 5.11 Å². The van der Waals surface area contributed by atoms with Crippen LogP contribution >= 0.6 is 11.6 Å². The predicted octanol–water partition coefficient (Wildman–Crippen LogP) is 2.35. The molecule has 124 valence electrons. The molecule has 0 aliphatic carbocycles. The number of rotatable bonds is 3. The van der Waals surface area contributed by atoms with Crippen LogP contribution in [0, 0.1) is 0 Å². The number of anilines is 1. The molecule has 1 aliphatic rings. The van der Waals surface area contributed by atoms with E-state index in [-0.39, 0.29) is 5.28 Å². The van der Waals surface area contributed by atoms with Crippen molar-refractivity contribution in [3.63, 3.8) is 0 Å². The summed E-state index contributed by atoms with van der Waals surface area (Å²) in [5.74, 6) is 0.825. The van der Waals surface area contributed by atoms with E-state index in [2.05, 4.69) is 32.3 Å². The number of nitrogens with zero attached hydrogens (tertiary/aromatic N) is 5. The fraction of sp³-hybridized carbons (Fsp3) is 0.353. The summed E-state index contributed by atoms with van der Waals surface area (Å²) in [7, 11) is 0. The monoisotopic (exact) mass is 343 g/mol. The van der Waals surface area contributed by atoms with E-state index in [4.69, 9.17) is 11.6 Å². The first-order valence-corrected chi connectivity index (χ1v) is 8.40. The van der Waals surface area contributed by atoms with E-state index in [0.29, 0.717) is 24.9 Å². The molecule has 2 aromatic heterocycles. The molecule has 0 unspecified atom stereocenters. The van der Waals surface area contributed by atoms with E-state index in [1.54, 1.807) is 0 Å². The van der Waals surface area contributed by atoms with Gasteiger partial charge in [-0.1, -0.05) is 30.3 Å². The Bertz CT molecular complexity index is 843. The lowest BCUT2D eigenvalue weighted by molar-refractivity contribution is 0.0164. The molecule has 3 heterocycles. The number of aromatic nitrogens is 4. The van der Waals surface area contributed by atoms with Gasteiger partial charge in [0.2, 0.25) is 5.28 Å². The van der Waals surface area contributed by atoms with Gasteiger partial charge in [-0.3, -0.25) is 0 Å². The van der Waals surface area contributed by atoms with Gasteiger partial charge in [0.1, 0.15) is 5.82 Å². The average molecular weight is 344 g/mol. The van der Waals surface area contributed by atoms with Crippen molar-refractivity contribution in [3.8, 4) is 0 Å². The van der Waals surface area contributed by atoms with Crippen molar-refractivity contribution in [3.05, 3.63) is 53.3 Å². The number of halogens is 1. The summed E-state index contributed by atoms with van der Waals surface area (Å²) in [5, 5.41) is 23.4. The zero-order valence-electron chi connectivity index (χ0n) is 13.1. The molecule has 1 N–H and O–H groups in total. The SMILES string of the molecule is OC1(Cc2ccccc2)CCN(c2ccc3nnc(Cl)n3n2)CC1. The fourth-order valence-electron chi connectivity index (χ4n) is 3.23. The minimum absolute atomic E-state index is 0.254. The molecule has 1 aromatic carbocycles. The predicted molar refractivity (Wildman–Crippen MR) is 92.3 cm³/mol. The molecular weight excluding hydrogens is 326 g/mol. The van der Waals surface area contributed by atoms with Gasteiger partial charge in [-0.25, -0.2) is 0 Å². The normalized spacial score (nSPS) is 17.3. The Hall–Kier alpha value is -2.18. The highest BCUT2D eigenvalue weighted by molar-refractivity contribution is 6.28. The highest BCUT2D eigenvalue weighted by Gasteiger charge is 2.33. The highest BCUT2D eigenvalue weighted by Crippen LogP contribution is 2.28. The first-order chi connectivity index (χ1) is 11.6. The molecule has 3 aromatic rings.